The molecule has 3 aromatic rings. The lowest BCUT2D eigenvalue weighted by molar-refractivity contribution is -0.165. The van der Waals surface area contributed by atoms with Crippen molar-refractivity contribution in [1.29, 1.82) is 0 Å². The van der Waals surface area contributed by atoms with Crippen molar-refractivity contribution in [2.75, 3.05) is 7.11 Å². The molecule has 31 heavy (non-hydrogen) atoms. The first-order chi connectivity index (χ1) is 15.0. The molecule has 5 nitrogen and oxygen atoms in total. The van der Waals surface area contributed by atoms with Gasteiger partial charge in [0.15, 0.2) is 0 Å². The molecule has 0 aromatic heterocycles. The van der Waals surface area contributed by atoms with E-state index in [2.05, 4.69) is 0 Å². The van der Waals surface area contributed by atoms with Crippen LogP contribution in [0.4, 0.5) is 4.39 Å². The van der Waals surface area contributed by atoms with Gasteiger partial charge in [0, 0.05) is 6.54 Å². The number of aryl methyl sites for hydroxylation is 1. The van der Waals surface area contributed by atoms with Crippen molar-refractivity contribution in [1.82, 2.24) is 4.90 Å². The number of nitrogens with zero attached hydrogens (tertiary/aromatic N) is 1. The van der Waals surface area contributed by atoms with Crippen LogP contribution in [0.25, 0.3) is 0 Å². The van der Waals surface area contributed by atoms with Crippen LogP contribution in [0.5, 0.6) is 5.75 Å². The molecule has 1 saturated heterocycles. The minimum Gasteiger partial charge on any atom is -0.478 e. The van der Waals surface area contributed by atoms with Gasteiger partial charge in [0.05, 0.1) is 12.7 Å². The Morgan fingerprint density at radius 3 is 2.32 bits per heavy atom. The number of carbonyl (C=O) groups is 2. The van der Waals surface area contributed by atoms with Crippen molar-refractivity contribution < 1.29 is 23.5 Å². The molecule has 0 aliphatic carbocycles. The topological polar surface area (TPSA) is 55.8 Å². The average molecular weight is 419 g/mol. The number of rotatable bonds is 6. The van der Waals surface area contributed by atoms with Gasteiger partial charge >= 0.3 is 5.97 Å². The van der Waals surface area contributed by atoms with E-state index in [4.69, 9.17) is 9.47 Å². The zero-order chi connectivity index (χ0) is 22.0. The van der Waals surface area contributed by atoms with Crippen molar-refractivity contribution in [2.45, 2.75) is 25.6 Å². The Labute approximate surface area is 180 Å². The normalized spacial score (nSPS) is 17.8. The molecule has 0 spiro atoms. The molecule has 158 valence electrons. The number of benzene rings is 3. The number of β-lactam (4-membered cyclic amide) rings is 1. The Morgan fingerprint density at radius 2 is 1.68 bits per heavy atom. The molecule has 1 heterocycles. The number of para-hydroxylation sites is 1. The van der Waals surface area contributed by atoms with Crippen LogP contribution in [0.1, 0.15) is 33.1 Å². The van der Waals surface area contributed by atoms with Gasteiger partial charge in [-0.1, -0.05) is 42.5 Å². The zero-order valence-electron chi connectivity index (χ0n) is 17.2. The van der Waals surface area contributed by atoms with Gasteiger partial charge in [0.25, 0.3) is 5.91 Å². The van der Waals surface area contributed by atoms with Crippen LogP contribution in [-0.2, 0) is 16.1 Å². The second-order valence-corrected chi connectivity index (χ2v) is 7.45. The summed E-state index contributed by atoms with van der Waals surface area (Å²) in [5, 5.41) is 0. The highest BCUT2D eigenvalue weighted by Crippen LogP contribution is 2.39. The lowest BCUT2D eigenvalue weighted by Gasteiger charge is -2.47. The summed E-state index contributed by atoms with van der Waals surface area (Å²) in [6.07, 6.45) is -0.689. The van der Waals surface area contributed by atoms with E-state index in [1.807, 2.05) is 31.2 Å². The maximum Gasteiger partial charge on any atom is 0.337 e. The predicted molar refractivity (Wildman–Crippen MR) is 113 cm³/mol. The van der Waals surface area contributed by atoms with Crippen molar-refractivity contribution in [2.24, 2.45) is 0 Å². The minimum atomic E-state index is -0.689. The monoisotopic (exact) mass is 419 g/mol. The van der Waals surface area contributed by atoms with E-state index in [1.165, 1.54) is 19.2 Å². The van der Waals surface area contributed by atoms with Crippen LogP contribution in [-0.4, -0.2) is 30.0 Å². The number of ether oxygens (including phenoxy) is 2. The Hall–Kier alpha value is -3.67. The summed E-state index contributed by atoms with van der Waals surface area (Å²) < 4.78 is 24.1. The van der Waals surface area contributed by atoms with Gasteiger partial charge in [0.1, 0.15) is 17.6 Å². The van der Waals surface area contributed by atoms with Crippen LogP contribution in [0.15, 0.2) is 72.8 Å². The first kappa shape index (κ1) is 20.6. The highest BCUT2D eigenvalue weighted by molar-refractivity contribution is 5.90. The van der Waals surface area contributed by atoms with Gasteiger partial charge in [-0.05, 0) is 53.9 Å². The molecule has 0 saturated carbocycles. The van der Waals surface area contributed by atoms with Gasteiger partial charge in [-0.25, -0.2) is 9.18 Å². The van der Waals surface area contributed by atoms with E-state index >= 15 is 0 Å². The summed E-state index contributed by atoms with van der Waals surface area (Å²) in [5.41, 5.74) is 3.03. The Balaban J connectivity index is 1.63. The minimum absolute atomic E-state index is 0.144. The molecule has 1 aliphatic heterocycles. The van der Waals surface area contributed by atoms with E-state index in [0.717, 1.165) is 16.7 Å². The van der Waals surface area contributed by atoms with E-state index in [0.29, 0.717) is 17.9 Å². The van der Waals surface area contributed by atoms with Crippen molar-refractivity contribution in [3.8, 4) is 5.75 Å². The number of methoxy groups -OCH3 is 1. The van der Waals surface area contributed by atoms with Crippen LogP contribution in [0.3, 0.4) is 0 Å². The molecule has 3 aromatic carbocycles. The molecule has 2 atom stereocenters. The molecule has 1 fully saturated rings. The molecule has 4 rings (SSSR count). The van der Waals surface area contributed by atoms with Gasteiger partial charge in [-0.15, -0.1) is 0 Å². The molecule has 6 heteroatoms. The highest BCUT2D eigenvalue weighted by atomic mass is 19.1. The second-order valence-electron chi connectivity index (χ2n) is 7.45. The maximum atomic E-state index is 13.3. The molecule has 0 radical (unpaired) electrons. The fraction of sp³-hybridized carbons (Fsp3) is 0.200. The number of likely N-dealkylation sites (tertiary alicyclic amines) is 1. The Kier molecular flexibility index (Phi) is 5.71. The third-order valence-electron chi connectivity index (χ3n) is 5.44. The summed E-state index contributed by atoms with van der Waals surface area (Å²) >= 11 is 0. The first-order valence-electron chi connectivity index (χ1n) is 9.93. The van der Waals surface area contributed by atoms with E-state index in [9.17, 15) is 14.0 Å². The van der Waals surface area contributed by atoms with Gasteiger partial charge < -0.3 is 14.4 Å². The standard InChI is InChI=1S/C25H22FNO4/c1-16-5-3-4-6-21(16)31-23-22(18-9-11-19(12-10-18)25(29)30-2)27(24(23)28)15-17-7-13-20(26)14-8-17/h3-14,22-23H,15H2,1-2H3/t22-,23-/m0/s1. The predicted octanol–water partition coefficient (Wildman–Crippen LogP) is 4.45. The second kappa shape index (κ2) is 8.60. The van der Waals surface area contributed by atoms with Crippen LogP contribution in [0.2, 0.25) is 0 Å². The van der Waals surface area contributed by atoms with Gasteiger partial charge in [0.2, 0.25) is 6.10 Å². The summed E-state index contributed by atoms with van der Waals surface area (Å²) in [5.74, 6) is -0.241. The molecular formula is C25H22FNO4. The fourth-order valence-corrected chi connectivity index (χ4v) is 3.71. The lowest BCUT2D eigenvalue weighted by Crippen LogP contribution is -2.60. The summed E-state index contributed by atoms with van der Waals surface area (Å²) in [6.45, 7) is 2.26. The molecule has 0 unspecified atom stereocenters. The van der Waals surface area contributed by atoms with Gasteiger partial charge in [-0.3, -0.25) is 4.79 Å². The van der Waals surface area contributed by atoms with E-state index in [-0.39, 0.29) is 17.8 Å². The largest absolute Gasteiger partial charge is 0.478 e. The molecule has 0 bridgehead atoms. The number of carbonyl (C=O) groups excluding carboxylic acids is 2. The summed E-state index contributed by atoms with van der Waals surface area (Å²) in [4.78, 5) is 26.5. The first-order valence-corrected chi connectivity index (χ1v) is 9.93. The van der Waals surface area contributed by atoms with Gasteiger partial charge in [-0.2, -0.15) is 0 Å². The molecule has 0 N–H and O–H groups in total. The average Bonchev–Trinajstić information content (AvgIpc) is 2.80. The van der Waals surface area contributed by atoms with E-state index < -0.39 is 12.1 Å². The third-order valence-corrected chi connectivity index (χ3v) is 5.44. The number of esters is 1. The van der Waals surface area contributed by atoms with E-state index in [1.54, 1.807) is 41.3 Å². The van der Waals surface area contributed by atoms with Crippen LogP contribution < -0.4 is 4.74 Å². The Bertz CT molecular complexity index is 1100. The van der Waals surface area contributed by atoms with Crippen LogP contribution >= 0.6 is 0 Å². The van der Waals surface area contributed by atoms with Crippen molar-refractivity contribution in [3.05, 3.63) is 101 Å². The van der Waals surface area contributed by atoms with Crippen LogP contribution in [0, 0.1) is 12.7 Å². The number of hydrogen-bond donors (Lipinski definition) is 0. The smallest absolute Gasteiger partial charge is 0.337 e. The SMILES string of the molecule is COC(=O)c1ccc([C@H]2[C@H](Oc3ccccc3C)C(=O)N2Cc2ccc(F)cc2)cc1. The summed E-state index contributed by atoms with van der Waals surface area (Å²) in [7, 11) is 1.33. The maximum absolute atomic E-state index is 13.3. The quantitative estimate of drug-likeness (QED) is 0.438. The molecule has 1 aliphatic rings. The third kappa shape index (κ3) is 4.14. The highest BCUT2D eigenvalue weighted by Gasteiger charge is 2.50. The number of hydrogen-bond acceptors (Lipinski definition) is 4. The number of amides is 1. The zero-order valence-corrected chi connectivity index (χ0v) is 17.2. The number of halogens is 1. The van der Waals surface area contributed by atoms with Crippen molar-refractivity contribution >= 4 is 11.9 Å². The summed E-state index contributed by atoms with van der Waals surface area (Å²) in [6, 6.07) is 20.2. The molecule has 1 amide bonds. The van der Waals surface area contributed by atoms with Crippen molar-refractivity contribution in [3.63, 3.8) is 0 Å². The Morgan fingerprint density at radius 1 is 1.00 bits per heavy atom. The fourth-order valence-electron chi connectivity index (χ4n) is 3.71. The lowest BCUT2D eigenvalue weighted by atomic mass is 9.89. The molecular weight excluding hydrogens is 397 g/mol.